The van der Waals surface area contributed by atoms with Gasteiger partial charge in [-0.15, -0.1) is 11.8 Å². The van der Waals surface area contributed by atoms with Crippen LogP contribution in [0.3, 0.4) is 0 Å². The molecule has 0 spiro atoms. The monoisotopic (exact) mass is 341 g/mol. The van der Waals surface area contributed by atoms with Crippen LogP contribution in [0.4, 0.5) is 0 Å². The van der Waals surface area contributed by atoms with E-state index in [2.05, 4.69) is 47.2 Å². The van der Waals surface area contributed by atoms with Crippen molar-refractivity contribution < 1.29 is 4.79 Å². The molecule has 1 heterocycles. The number of fused-ring (bicyclic) bond motifs is 1. The highest BCUT2D eigenvalue weighted by Crippen LogP contribution is 2.39. The Labute approximate surface area is 127 Å². The number of rotatable bonds is 5. The van der Waals surface area contributed by atoms with Gasteiger partial charge in [-0.3, -0.25) is 4.79 Å². The van der Waals surface area contributed by atoms with E-state index in [4.69, 9.17) is 0 Å². The topological polar surface area (TPSA) is 29.1 Å². The Morgan fingerprint density at radius 1 is 1.47 bits per heavy atom. The minimum atomic E-state index is 0.00918. The molecule has 0 saturated carbocycles. The van der Waals surface area contributed by atoms with Crippen molar-refractivity contribution >= 4 is 33.6 Å². The maximum Gasteiger partial charge on any atom is 0.228 e. The van der Waals surface area contributed by atoms with Gasteiger partial charge in [0.15, 0.2) is 0 Å². The molecule has 1 N–H and O–H groups in total. The van der Waals surface area contributed by atoms with Crippen molar-refractivity contribution in [2.24, 2.45) is 5.92 Å². The Bertz CT molecular complexity index is 450. The van der Waals surface area contributed by atoms with E-state index in [1.54, 1.807) is 11.8 Å². The largest absolute Gasteiger partial charge is 0.352 e. The first-order valence-corrected chi connectivity index (χ1v) is 8.80. The number of nitrogens with one attached hydrogen (secondary N) is 1. The van der Waals surface area contributed by atoms with Gasteiger partial charge >= 0.3 is 0 Å². The molecule has 1 aliphatic heterocycles. The van der Waals surface area contributed by atoms with Crippen molar-refractivity contribution in [3.8, 4) is 0 Å². The fraction of sp³-hybridized carbons (Fsp3) is 0.533. The number of thioether (sulfide) groups is 1. The maximum atomic E-state index is 12.4. The third-order valence-corrected chi connectivity index (χ3v) is 5.27. The molecule has 1 amide bonds. The first-order chi connectivity index (χ1) is 9.11. The summed E-state index contributed by atoms with van der Waals surface area (Å²) >= 11 is 5.27. The second-order valence-electron chi connectivity index (χ2n) is 5.39. The molecule has 0 saturated heterocycles. The molecule has 4 heteroatoms. The lowest BCUT2D eigenvalue weighted by molar-refractivity contribution is -0.122. The number of carbonyl (C=O) groups excluding carboxylic acids is 1. The highest BCUT2D eigenvalue weighted by Gasteiger charge is 2.29. The van der Waals surface area contributed by atoms with Crippen LogP contribution in [-0.2, 0) is 4.79 Å². The number of amides is 1. The summed E-state index contributed by atoms with van der Waals surface area (Å²) in [5, 5.41) is 4.00. The summed E-state index contributed by atoms with van der Waals surface area (Å²) in [7, 11) is 0. The zero-order chi connectivity index (χ0) is 13.8. The van der Waals surface area contributed by atoms with Crippen LogP contribution in [0, 0.1) is 5.92 Å². The van der Waals surface area contributed by atoms with Crippen molar-refractivity contribution in [3.63, 3.8) is 0 Å². The lowest BCUT2D eigenvalue weighted by Crippen LogP contribution is -2.40. The van der Waals surface area contributed by atoms with E-state index in [0.717, 1.165) is 17.5 Å². The molecular weight excluding hydrogens is 322 g/mol. The second-order valence-corrected chi connectivity index (χ2v) is 7.10. The summed E-state index contributed by atoms with van der Waals surface area (Å²) in [5.74, 6) is 1.63. The maximum absolute atomic E-state index is 12.4. The Morgan fingerprint density at radius 2 is 2.21 bits per heavy atom. The van der Waals surface area contributed by atoms with Gasteiger partial charge in [0.05, 0.1) is 5.92 Å². The van der Waals surface area contributed by atoms with Crippen molar-refractivity contribution in [2.45, 2.75) is 37.1 Å². The molecule has 0 aromatic heterocycles. The van der Waals surface area contributed by atoms with Gasteiger partial charge in [-0.2, -0.15) is 0 Å². The van der Waals surface area contributed by atoms with Gasteiger partial charge in [-0.05, 0) is 24.0 Å². The van der Waals surface area contributed by atoms with E-state index >= 15 is 0 Å². The van der Waals surface area contributed by atoms with Gasteiger partial charge in [0.25, 0.3) is 0 Å². The van der Waals surface area contributed by atoms with E-state index in [0.29, 0.717) is 5.92 Å². The lowest BCUT2D eigenvalue weighted by Gasteiger charge is -2.20. The molecule has 1 aliphatic rings. The molecule has 2 rings (SSSR count). The van der Waals surface area contributed by atoms with Crippen molar-refractivity contribution in [2.75, 3.05) is 11.1 Å². The summed E-state index contributed by atoms with van der Waals surface area (Å²) in [6.45, 7) is 4.37. The van der Waals surface area contributed by atoms with Gasteiger partial charge in [-0.1, -0.05) is 48.0 Å². The number of hydrogen-bond acceptors (Lipinski definition) is 2. The Balaban J connectivity index is 2.01. The molecular formula is C15H20BrNOS. The molecule has 104 valence electrons. The molecule has 1 aromatic carbocycles. The molecule has 1 aromatic rings. The van der Waals surface area contributed by atoms with Crippen LogP contribution in [0.5, 0.6) is 0 Å². The normalized spacial score (nSPS) is 19.3. The van der Waals surface area contributed by atoms with Gasteiger partial charge in [0.2, 0.25) is 5.91 Å². The van der Waals surface area contributed by atoms with Crippen LogP contribution in [-0.4, -0.2) is 23.0 Å². The molecule has 0 aliphatic carbocycles. The Morgan fingerprint density at radius 3 is 2.89 bits per heavy atom. The van der Waals surface area contributed by atoms with Crippen LogP contribution in [0.2, 0.25) is 0 Å². The molecule has 2 atom stereocenters. The smallest absolute Gasteiger partial charge is 0.228 e. The van der Waals surface area contributed by atoms with E-state index in [1.165, 1.54) is 10.5 Å². The number of benzene rings is 1. The third-order valence-electron chi connectivity index (χ3n) is 3.30. The Kier molecular flexibility index (Phi) is 5.34. The minimum Gasteiger partial charge on any atom is -0.352 e. The fourth-order valence-electron chi connectivity index (χ4n) is 2.41. The van der Waals surface area contributed by atoms with Crippen LogP contribution >= 0.6 is 27.7 Å². The van der Waals surface area contributed by atoms with Gasteiger partial charge in [0.1, 0.15) is 0 Å². The van der Waals surface area contributed by atoms with Crippen molar-refractivity contribution in [3.05, 3.63) is 29.8 Å². The fourth-order valence-corrected chi connectivity index (χ4v) is 4.07. The summed E-state index contributed by atoms with van der Waals surface area (Å²) in [6, 6.07) is 8.45. The molecule has 0 fully saturated rings. The lowest BCUT2D eigenvalue weighted by atomic mass is 9.99. The average Bonchev–Trinajstić information content (AvgIpc) is 2.81. The van der Waals surface area contributed by atoms with Crippen molar-refractivity contribution in [1.82, 2.24) is 5.32 Å². The zero-order valence-electron chi connectivity index (χ0n) is 11.4. The molecule has 2 unspecified atom stereocenters. The summed E-state index contributed by atoms with van der Waals surface area (Å²) in [5.41, 5.74) is 1.18. The quantitative estimate of drug-likeness (QED) is 0.825. The molecule has 0 bridgehead atoms. The first kappa shape index (κ1) is 14.9. The standard InChI is InChI=1S/C15H20BrNOS/c1-10(2)7-11(8-16)17-15(18)13-9-19-14-6-4-3-5-12(13)14/h3-6,10-11,13H,7-9H2,1-2H3,(H,17,18). The molecule has 19 heavy (non-hydrogen) atoms. The highest BCUT2D eigenvalue weighted by atomic mass is 79.9. The number of hydrogen-bond donors (Lipinski definition) is 1. The zero-order valence-corrected chi connectivity index (χ0v) is 13.8. The second kappa shape index (κ2) is 6.80. The Hall–Kier alpha value is -0.480. The molecule has 0 radical (unpaired) electrons. The SMILES string of the molecule is CC(C)CC(CBr)NC(=O)C1CSc2ccccc21. The van der Waals surface area contributed by atoms with E-state index in [-0.39, 0.29) is 17.9 Å². The van der Waals surface area contributed by atoms with Gasteiger partial charge in [0, 0.05) is 22.0 Å². The first-order valence-electron chi connectivity index (χ1n) is 6.70. The summed E-state index contributed by atoms with van der Waals surface area (Å²) in [4.78, 5) is 13.7. The summed E-state index contributed by atoms with van der Waals surface area (Å²) in [6.07, 6.45) is 1.01. The highest BCUT2D eigenvalue weighted by molar-refractivity contribution is 9.09. The number of alkyl halides is 1. The van der Waals surface area contributed by atoms with Crippen LogP contribution in [0.25, 0.3) is 0 Å². The average molecular weight is 342 g/mol. The van der Waals surface area contributed by atoms with E-state index < -0.39 is 0 Å². The predicted molar refractivity (Wildman–Crippen MR) is 85.1 cm³/mol. The minimum absolute atomic E-state index is 0.00918. The van der Waals surface area contributed by atoms with Crippen LogP contribution in [0.1, 0.15) is 31.7 Å². The number of carbonyl (C=O) groups is 1. The number of halogens is 1. The predicted octanol–water partition coefficient (Wildman–Crippen LogP) is 3.80. The third kappa shape index (κ3) is 3.76. The van der Waals surface area contributed by atoms with Gasteiger partial charge < -0.3 is 5.32 Å². The van der Waals surface area contributed by atoms with Crippen LogP contribution in [0.15, 0.2) is 29.2 Å². The summed E-state index contributed by atoms with van der Waals surface area (Å²) < 4.78 is 0. The van der Waals surface area contributed by atoms with Crippen LogP contribution < -0.4 is 5.32 Å². The van der Waals surface area contributed by atoms with E-state index in [1.807, 2.05) is 12.1 Å². The van der Waals surface area contributed by atoms with Gasteiger partial charge in [-0.25, -0.2) is 0 Å². The van der Waals surface area contributed by atoms with Crippen molar-refractivity contribution in [1.29, 1.82) is 0 Å². The van der Waals surface area contributed by atoms with E-state index in [9.17, 15) is 4.79 Å². The molecule has 2 nitrogen and oxygen atoms in total.